The fourth-order valence-corrected chi connectivity index (χ4v) is 4.00. The molecule has 0 aromatic heterocycles. The largest absolute Gasteiger partial charge is 0.454 e. The quantitative estimate of drug-likeness (QED) is 0.424. The van der Waals surface area contributed by atoms with Gasteiger partial charge in [-0.15, -0.1) is 10.2 Å². The molecule has 0 amide bonds. The number of halogens is 1. The van der Waals surface area contributed by atoms with Crippen LogP contribution in [0.25, 0.3) is 33.4 Å². The van der Waals surface area contributed by atoms with Crippen LogP contribution in [0.2, 0.25) is 0 Å². The SMILES string of the molecule is Fc1cccc(Cn2cc3c(-c4ccccc4)nnc-3c3cc4c(cc32)OCO4)c1. The van der Waals surface area contributed by atoms with Gasteiger partial charge in [-0.2, -0.15) is 0 Å². The maximum atomic E-state index is 13.8. The summed E-state index contributed by atoms with van der Waals surface area (Å²) < 4.78 is 27.1. The van der Waals surface area contributed by atoms with Gasteiger partial charge in [0.05, 0.1) is 5.52 Å². The average molecular weight is 397 g/mol. The molecule has 30 heavy (non-hydrogen) atoms. The van der Waals surface area contributed by atoms with Gasteiger partial charge >= 0.3 is 0 Å². The normalized spacial score (nSPS) is 12.7. The zero-order chi connectivity index (χ0) is 20.1. The van der Waals surface area contributed by atoms with Crippen molar-refractivity contribution in [2.45, 2.75) is 6.54 Å². The molecule has 0 bridgehead atoms. The first kappa shape index (κ1) is 17.0. The molecule has 0 saturated carbocycles. The highest BCUT2D eigenvalue weighted by Gasteiger charge is 2.23. The van der Waals surface area contributed by atoms with Crippen molar-refractivity contribution in [3.05, 3.63) is 84.3 Å². The van der Waals surface area contributed by atoms with Gasteiger partial charge in [0.15, 0.2) is 11.5 Å². The second-order valence-electron chi connectivity index (χ2n) is 7.29. The first-order chi connectivity index (χ1) is 14.8. The number of rotatable bonds is 3. The fourth-order valence-electron chi connectivity index (χ4n) is 4.00. The molecule has 3 heterocycles. The van der Waals surface area contributed by atoms with E-state index in [1.54, 1.807) is 12.1 Å². The number of pyridine rings is 1. The van der Waals surface area contributed by atoms with Crippen molar-refractivity contribution in [3.63, 3.8) is 0 Å². The Balaban J connectivity index is 1.61. The van der Waals surface area contributed by atoms with Crippen LogP contribution in [0.3, 0.4) is 0 Å². The molecule has 0 aliphatic carbocycles. The van der Waals surface area contributed by atoms with Crippen LogP contribution in [-0.2, 0) is 6.54 Å². The van der Waals surface area contributed by atoms with Gasteiger partial charge in [-0.1, -0.05) is 42.5 Å². The summed E-state index contributed by atoms with van der Waals surface area (Å²) >= 11 is 0. The molecule has 3 aliphatic rings. The van der Waals surface area contributed by atoms with E-state index in [4.69, 9.17) is 9.47 Å². The van der Waals surface area contributed by atoms with Gasteiger partial charge in [0.1, 0.15) is 17.2 Å². The summed E-state index contributed by atoms with van der Waals surface area (Å²) in [5, 5.41) is 9.89. The Morgan fingerprint density at radius 1 is 0.867 bits per heavy atom. The minimum atomic E-state index is -0.252. The van der Waals surface area contributed by atoms with Crippen molar-refractivity contribution < 1.29 is 13.9 Å². The van der Waals surface area contributed by atoms with Crippen molar-refractivity contribution in [3.8, 4) is 34.0 Å². The number of nitrogens with zero attached hydrogens (tertiary/aromatic N) is 3. The number of fused-ring (bicyclic) bond motifs is 4. The zero-order valence-electron chi connectivity index (χ0n) is 15.9. The van der Waals surface area contributed by atoms with E-state index in [1.165, 1.54) is 6.07 Å². The van der Waals surface area contributed by atoms with Gasteiger partial charge in [0.25, 0.3) is 0 Å². The lowest BCUT2D eigenvalue weighted by atomic mass is 10.0. The Hall–Kier alpha value is -3.93. The van der Waals surface area contributed by atoms with Gasteiger partial charge in [-0.25, -0.2) is 4.39 Å². The molecule has 0 unspecified atom stereocenters. The van der Waals surface area contributed by atoms with Crippen LogP contribution < -0.4 is 9.47 Å². The van der Waals surface area contributed by atoms with E-state index in [0.29, 0.717) is 18.0 Å². The number of benzene rings is 3. The molecule has 0 saturated heterocycles. The van der Waals surface area contributed by atoms with Crippen LogP contribution in [0, 0.1) is 5.82 Å². The van der Waals surface area contributed by atoms with Crippen LogP contribution >= 0.6 is 0 Å². The van der Waals surface area contributed by atoms with Crippen molar-refractivity contribution in [2.24, 2.45) is 0 Å². The monoisotopic (exact) mass is 397 g/mol. The highest BCUT2D eigenvalue weighted by Crippen LogP contribution is 2.42. The average Bonchev–Trinajstić information content (AvgIpc) is 3.40. The summed E-state index contributed by atoms with van der Waals surface area (Å²) in [7, 11) is 0. The van der Waals surface area contributed by atoms with Crippen molar-refractivity contribution in [1.29, 1.82) is 0 Å². The second kappa shape index (κ2) is 6.56. The third-order valence-corrected chi connectivity index (χ3v) is 5.39. The lowest BCUT2D eigenvalue weighted by Crippen LogP contribution is -2.04. The van der Waals surface area contributed by atoms with Crippen LogP contribution in [0.5, 0.6) is 11.5 Å². The lowest BCUT2D eigenvalue weighted by molar-refractivity contribution is 0.174. The van der Waals surface area contributed by atoms with E-state index in [-0.39, 0.29) is 12.6 Å². The van der Waals surface area contributed by atoms with Crippen LogP contribution in [0.4, 0.5) is 4.39 Å². The summed E-state index contributed by atoms with van der Waals surface area (Å²) in [4.78, 5) is 0. The van der Waals surface area contributed by atoms with Crippen molar-refractivity contribution in [1.82, 2.24) is 14.8 Å². The predicted molar refractivity (Wildman–Crippen MR) is 111 cm³/mol. The van der Waals surface area contributed by atoms with E-state index in [9.17, 15) is 4.39 Å². The lowest BCUT2D eigenvalue weighted by Gasteiger charge is -2.16. The Morgan fingerprint density at radius 2 is 1.67 bits per heavy atom. The topological polar surface area (TPSA) is 49.2 Å². The van der Waals surface area contributed by atoms with Gasteiger partial charge in [0.2, 0.25) is 6.79 Å². The fraction of sp³-hybridized carbons (Fsp3) is 0.0833. The Morgan fingerprint density at radius 3 is 2.50 bits per heavy atom. The molecule has 5 nitrogen and oxygen atoms in total. The first-order valence-electron chi connectivity index (χ1n) is 9.65. The third-order valence-electron chi connectivity index (χ3n) is 5.39. The number of hydrogen-bond donors (Lipinski definition) is 0. The molecular weight excluding hydrogens is 381 g/mol. The summed E-state index contributed by atoms with van der Waals surface area (Å²) in [6, 6.07) is 20.5. The minimum Gasteiger partial charge on any atom is -0.454 e. The second-order valence-corrected chi connectivity index (χ2v) is 7.29. The van der Waals surface area contributed by atoms with Crippen LogP contribution in [-0.4, -0.2) is 21.6 Å². The molecule has 6 rings (SSSR count). The Bertz CT molecular complexity index is 1360. The highest BCUT2D eigenvalue weighted by molar-refractivity contribution is 5.99. The number of aromatic nitrogens is 3. The molecule has 0 N–H and O–H groups in total. The molecule has 3 aromatic carbocycles. The molecular formula is C24H16FN3O2. The van der Waals surface area contributed by atoms with Crippen LogP contribution in [0.1, 0.15) is 5.56 Å². The van der Waals surface area contributed by atoms with Crippen molar-refractivity contribution >= 4 is 10.9 Å². The van der Waals surface area contributed by atoms with Gasteiger partial charge in [-0.05, 0) is 23.8 Å². The molecule has 3 aromatic rings. The predicted octanol–water partition coefficient (Wildman–Crippen LogP) is 5.12. The zero-order valence-corrected chi connectivity index (χ0v) is 15.9. The van der Waals surface area contributed by atoms with Crippen molar-refractivity contribution in [2.75, 3.05) is 6.79 Å². The summed E-state index contributed by atoms with van der Waals surface area (Å²) in [6.45, 7) is 0.698. The molecule has 6 heteroatoms. The molecule has 0 spiro atoms. The van der Waals surface area contributed by atoms with E-state index >= 15 is 0 Å². The van der Waals surface area contributed by atoms with Gasteiger partial charge in [-0.3, -0.25) is 0 Å². The van der Waals surface area contributed by atoms with E-state index in [0.717, 1.165) is 39.0 Å². The highest BCUT2D eigenvalue weighted by atomic mass is 19.1. The molecule has 0 fully saturated rings. The third kappa shape index (κ3) is 2.69. The molecule has 0 radical (unpaired) electrons. The number of hydrogen-bond acceptors (Lipinski definition) is 4. The Kier molecular flexibility index (Phi) is 3.71. The number of ether oxygens (including phenoxy) is 2. The smallest absolute Gasteiger partial charge is 0.231 e. The summed E-state index contributed by atoms with van der Waals surface area (Å²) in [6.07, 6.45) is 2.03. The minimum absolute atomic E-state index is 0.195. The first-order valence-corrected chi connectivity index (χ1v) is 9.65. The van der Waals surface area contributed by atoms with Gasteiger partial charge < -0.3 is 14.0 Å². The maximum Gasteiger partial charge on any atom is 0.231 e. The van der Waals surface area contributed by atoms with E-state index in [2.05, 4.69) is 14.8 Å². The standard InChI is InChI=1S/C24H16FN3O2/c25-17-8-4-5-15(9-17)12-28-13-19-23(16-6-2-1-3-7-16)26-27-24(19)18-10-21-22(11-20(18)28)30-14-29-21/h1-11,13H,12,14H2. The van der Waals surface area contributed by atoms with Crippen LogP contribution in [0.15, 0.2) is 72.9 Å². The molecule has 3 aliphatic heterocycles. The van der Waals surface area contributed by atoms with E-state index < -0.39 is 0 Å². The summed E-state index contributed by atoms with van der Waals surface area (Å²) in [5.74, 6) is 1.13. The Labute approximate surface area is 171 Å². The molecule has 146 valence electrons. The molecule has 0 atom stereocenters. The van der Waals surface area contributed by atoms with Gasteiger partial charge in [0, 0.05) is 35.3 Å². The van der Waals surface area contributed by atoms with E-state index in [1.807, 2.05) is 54.7 Å². The maximum absolute atomic E-state index is 13.8. The summed E-state index contributed by atoms with van der Waals surface area (Å²) in [5.41, 5.74) is 5.35.